The number of rotatable bonds is 4. The van der Waals surface area contributed by atoms with Gasteiger partial charge in [-0.15, -0.1) is 0 Å². The van der Waals surface area contributed by atoms with Crippen LogP contribution in [0.4, 0.5) is 0 Å². The van der Waals surface area contributed by atoms with Crippen LogP contribution >= 0.6 is 31.9 Å². The summed E-state index contributed by atoms with van der Waals surface area (Å²) < 4.78 is 7.23. The molecule has 0 saturated carbocycles. The number of ether oxygens (including phenoxy) is 1. The Morgan fingerprint density at radius 3 is 2.42 bits per heavy atom. The van der Waals surface area contributed by atoms with Crippen molar-refractivity contribution in [3.05, 3.63) is 62.5 Å². The van der Waals surface area contributed by atoms with E-state index in [0.29, 0.717) is 0 Å². The Morgan fingerprint density at radius 1 is 1.11 bits per heavy atom. The summed E-state index contributed by atoms with van der Waals surface area (Å²) in [4.78, 5) is 0. The molecule has 4 heteroatoms. The van der Waals surface area contributed by atoms with Gasteiger partial charge in [0, 0.05) is 15.0 Å². The van der Waals surface area contributed by atoms with E-state index in [0.717, 1.165) is 26.7 Å². The quantitative estimate of drug-likeness (QED) is 0.844. The van der Waals surface area contributed by atoms with E-state index in [1.54, 1.807) is 7.11 Å². The molecule has 2 aromatic rings. The van der Waals surface area contributed by atoms with Crippen molar-refractivity contribution in [3.63, 3.8) is 0 Å². The highest BCUT2D eigenvalue weighted by Gasteiger charge is 2.11. The van der Waals surface area contributed by atoms with Gasteiger partial charge in [-0.25, -0.2) is 0 Å². The van der Waals surface area contributed by atoms with Crippen molar-refractivity contribution in [3.8, 4) is 5.75 Å². The maximum Gasteiger partial charge on any atom is 0.118 e. The second-order valence-corrected chi connectivity index (χ2v) is 6.09. The van der Waals surface area contributed by atoms with Crippen LogP contribution < -0.4 is 10.5 Å². The molecule has 0 aliphatic rings. The van der Waals surface area contributed by atoms with Gasteiger partial charge >= 0.3 is 0 Å². The van der Waals surface area contributed by atoms with Crippen LogP contribution in [0.15, 0.2) is 51.4 Å². The topological polar surface area (TPSA) is 35.2 Å². The van der Waals surface area contributed by atoms with Gasteiger partial charge in [0.05, 0.1) is 7.11 Å². The van der Waals surface area contributed by atoms with E-state index in [2.05, 4.69) is 37.9 Å². The molecule has 0 aliphatic heterocycles. The van der Waals surface area contributed by atoms with E-state index < -0.39 is 0 Å². The third kappa shape index (κ3) is 3.81. The Bertz CT molecular complexity index is 555. The summed E-state index contributed by atoms with van der Waals surface area (Å²) in [5.41, 5.74) is 8.58. The van der Waals surface area contributed by atoms with Gasteiger partial charge in [0.15, 0.2) is 0 Å². The molecule has 0 heterocycles. The van der Waals surface area contributed by atoms with Gasteiger partial charge in [0.2, 0.25) is 0 Å². The Kier molecular flexibility index (Phi) is 5.02. The number of nitrogens with two attached hydrogens (primary N) is 1. The van der Waals surface area contributed by atoms with Gasteiger partial charge < -0.3 is 10.5 Å². The first-order chi connectivity index (χ1) is 9.10. The number of hydrogen-bond acceptors (Lipinski definition) is 2. The molecule has 0 fully saturated rings. The highest BCUT2D eigenvalue weighted by molar-refractivity contribution is 9.11. The van der Waals surface area contributed by atoms with Gasteiger partial charge in [-0.05, 0) is 47.9 Å². The molecule has 19 heavy (non-hydrogen) atoms. The number of hydrogen-bond donors (Lipinski definition) is 1. The zero-order valence-electron chi connectivity index (χ0n) is 10.6. The molecule has 0 spiro atoms. The standard InChI is InChI=1S/C15H15Br2NO/c1-19-12-5-2-10(3-6-12)8-15(18)13-9-11(16)4-7-14(13)17/h2-7,9,15H,8,18H2,1H3. The zero-order chi connectivity index (χ0) is 13.8. The maximum atomic E-state index is 6.29. The average molecular weight is 385 g/mol. The fourth-order valence-corrected chi connectivity index (χ4v) is 2.84. The SMILES string of the molecule is COc1ccc(CC(N)c2cc(Br)ccc2Br)cc1. The molecule has 0 bridgehead atoms. The van der Waals surface area contributed by atoms with Crippen molar-refractivity contribution >= 4 is 31.9 Å². The van der Waals surface area contributed by atoms with Crippen molar-refractivity contribution in [1.29, 1.82) is 0 Å². The summed E-state index contributed by atoms with van der Waals surface area (Å²) >= 11 is 7.02. The van der Waals surface area contributed by atoms with E-state index in [1.165, 1.54) is 5.56 Å². The molecule has 100 valence electrons. The smallest absolute Gasteiger partial charge is 0.118 e. The molecular weight excluding hydrogens is 370 g/mol. The fraction of sp³-hybridized carbons (Fsp3) is 0.200. The fourth-order valence-electron chi connectivity index (χ4n) is 1.92. The highest BCUT2D eigenvalue weighted by atomic mass is 79.9. The monoisotopic (exact) mass is 383 g/mol. The molecule has 0 aliphatic carbocycles. The first-order valence-electron chi connectivity index (χ1n) is 5.93. The lowest BCUT2D eigenvalue weighted by Gasteiger charge is -2.15. The molecule has 2 rings (SSSR count). The van der Waals surface area contributed by atoms with Crippen molar-refractivity contribution in [1.82, 2.24) is 0 Å². The van der Waals surface area contributed by atoms with Gasteiger partial charge in [-0.1, -0.05) is 44.0 Å². The minimum Gasteiger partial charge on any atom is -0.497 e. The molecule has 0 radical (unpaired) electrons. The summed E-state index contributed by atoms with van der Waals surface area (Å²) in [6, 6.07) is 14.0. The molecule has 2 N–H and O–H groups in total. The minimum absolute atomic E-state index is 0.0414. The molecule has 2 nitrogen and oxygen atoms in total. The van der Waals surface area contributed by atoms with Gasteiger partial charge in [-0.2, -0.15) is 0 Å². The molecule has 2 aromatic carbocycles. The summed E-state index contributed by atoms with van der Waals surface area (Å²) in [5, 5.41) is 0. The Balaban J connectivity index is 2.15. The zero-order valence-corrected chi connectivity index (χ0v) is 13.7. The number of benzene rings is 2. The van der Waals surface area contributed by atoms with E-state index in [-0.39, 0.29) is 6.04 Å². The summed E-state index contributed by atoms with van der Waals surface area (Å²) in [5.74, 6) is 0.862. The van der Waals surface area contributed by atoms with Crippen molar-refractivity contribution in [2.45, 2.75) is 12.5 Å². The highest BCUT2D eigenvalue weighted by Crippen LogP contribution is 2.28. The van der Waals surface area contributed by atoms with Crippen molar-refractivity contribution in [2.24, 2.45) is 5.73 Å². The van der Waals surface area contributed by atoms with E-state index in [4.69, 9.17) is 10.5 Å². The Morgan fingerprint density at radius 2 is 1.79 bits per heavy atom. The van der Waals surface area contributed by atoms with Crippen LogP contribution in [0.25, 0.3) is 0 Å². The largest absolute Gasteiger partial charge is 0.497 e. The molecule has 0 saturated heterocycles. The Hall–Kier alpha value is -0.840. The predicted molar refractivity (Wildman–Crippen MR) is 85.5 cm³/mol. The third-order valence-corrected chi connectivity index (χ3v) is 4.19. The van der Waals surface area contributed by atoms with Gasteiger partial charge in [0.1, 0.15) is 5.75 Å². The minimum atomic E-state index is -0.0414. The second-order valence-electron chi connectivity index (χ2n) is 4.32. The second kappa shape index (κ2) is 6.55. The van der Waals surface area contributed by atoms with Crippen LogP contribution in [0.5, 0.6) is 5.75 Å². The van der Waals surface area contributed by atoms with Crippen LogP contribution in [-0.2, 0) is 6.42 Å². The molecule has 1 atom stereocenters. The lowest BCUT2D eigenvalue weighted by molar-refractivity contribution is 0.414. The van der Waals surface area contributed by atoms with Crippen molar-refractivity contribution in [2.75, 3.05) is 7.11 Å². The summed E-state index contributed by atoms with van der Waals surface area (Å²) in [7, 11) is 1.67. The third-order valence-electron chi connectivity index (χ3n) is 2.97. The molecule has 0 aromatic heterocycles. The van der Waals surface area contributed by atoms with Crippen molar-refractivity contribution < 1.29 is 4.74 Å². The summed E-state index contributed by atoms with van der Waals surface area (Å²) in [6.07, 6.45) is 0.791. The lowest BCUT2D eigenvalue weighted by Crippen LogP contribution is -2.14. The van der Waals surface area contributed by atoms with Crippen LogP contribution in [0, 0.1) is 0 Å². The Labute approximate surface area is 130 Å². The lowest BCUT2D eigenvalue weighted by atomic mass is 10.00. The van der Waals surface area contributed by atoms with E-state index >= 15 is 0 Å². The normalized spacial score (nSPS) is 12.2. The average Bonchev–Trinajstić information content (AvgIpc) is 2.42. The number of halogens is 2. The first kappa shape index (κ1) is 14.6. The van der Waals surface area contributed by atoms with Crippen LogP contribution in [-0.4, -0.2) is 7.11 Å². The molecule has 0 amide bonds. The van der Waals surface area contributed by atoms with E-state index in [9.17, 15) is 0 Å². The first-order valence-corrected chi connectivity index (χ1v) is 7.52. The summed E-state index contributed by atoms with van der Waals surface area (Å²) in [6.45, 7) is 0. The van der Waals surface area contributed by atoms with Gasteiger partial charge in [-0.3, -0.25) is 0 Å². The van der Waals surface area contributed by atoms with Crippen LogP contribution in [0.2, 0.25) is 0 Å². The number of methoxy groups -OCH3 is 1. The van der Waals surface area contributed by atoms with Crippen LogP contribution in [0.1, 0.15) is 17.2 Å². The van der Waals surface area contributed by atoms with E-state index in [1.807, 2.05) is 36.4 Å². The predicted octanol–water partition coefficient (Wildman–Crippen LogP) is 4.46. The molecule has 1 unspecified atom stereocenters. The molecular formula is C15H15Br2NO. The van der Waals surface area contributed by atoms with Crippen LogP contribution in [0.3, 0.4) is 0 Å². The maximum absolute atomic E-state index is 6.29. The van der Waals surface area contributed by atoms with Gasteiger partial charge in [0.25, 0.3) is 0 Å².